The summed E-state index contributed by atoms with van der Waals surface area (Å²) in [4.78, 5) is 18.1. The molecule has 0 spiro atoms. The number of fused-ring (bicyclic) bond motifs is 2. The highest BCUT2D eigenvalue weighted by Crippen LogP contribution is 2.35. The predicted octanol–water partition coefficient (Wildman–Crippen LogP) is 3.33. The van der Waals surface area contributed by atoms with Crippen molar-refractivity contribution in [1.82, 2.24) is 10.3 Å². The van der Waals surface area contributed by atoms with Gasteiger partial charge in [0.15, 0.2) is 11.3 Å². The Bertz CT molecular complexity index is 1350. The van der Waals surface area contributed by atoms with Gasteiger partial charge < -0.3 is 4.74 Å². The first-order valence-electron chi connectivity index (χ1n) is 10.6. The Hall–Kier alpha value is -3.84. The molecule has 3 aromatic carbocycles. The minimum absolute atomic E-state index is 0.202. The maximum absolute atomic E-state index is 13.2. The van der Waals surface area contributed by atoms with Crippen LogP contribution in [0.1, 0.15) is 17.3 Å². The predicted molar refractivity (Wildman–Crippen MR) is 131 cm³/mol. The number of benzene rings is 3. The number of carbonyl (C=O) groups excluding carboxylic acids is 1. The van der Waals surface area contributed by atoms with Crippen molar-refractivity contribution < 1.29 is 9.53 Å². The maximum atomic E-state index is 13.2. The Balaban J connectivity index is 1.59. The summed E-state index contributed by atoms with van der Waals surface area (Å²) in [7, 11) is 0. The van der Waals surface area contributed by atoms with Gasteiger partial charge in [-0.15, -0.1) is 11.7 Å². The molecule has 1 atom stereocenters. The van der Waals surface area contributed by atoms with E-state index in [1.165, 1.54) is 11.8 Å². The third-order valence-corrected chi connectivity index (χ3v) is 6.15. The number of hydrazone groups is 1. The van der Waals surface area contributed by atoms with E-state index in [0.717, 1.165) is 21.7 Å². The van der Waals surface area contributed by atoms with Gasteiger partial charge in [0.2, 0.25) is 0 Å². The molecule has 2 aliphatic rings. The first-order valence-corrected chi connectivity index (χ1v) is 11.6. The highest BCUT2D eigenvalue weighted by atomic mass is 32.2. The molecule has 0 radical (unpaired) electrons. The first kappa shape index (κ1) is 21.0. The number of nitrogens with one attached hydrogen (secondary N) is 1. The number of carbonyl (C=O) groups is 1. The fourth-order valence-corrected chi connectivity index (χ4v) is 4.38. The lowest BCUT2D eigenvalue weighted by molar-refractivity contribution is -0.116. The SMILES string of the molecule is C=CCSC1=NN2C(=c3ccccc3=N[C@H]2c2ccccc2OCc2ccccc2)C(=O)N1. The lowest BCUT2D eigenvalue weighted by Crippen LogP contribution is -2.50. The molecule has 1 amide bonds. The van der Waals surface area contributed by atoms with Gasteiger partial charge in [-0.25, -0.2) is 5.01 Å². The monoisotopic (exact) mass is 454 g/mol. The van der Waals surface area contributed by atoms with Gasteiger partial charge in [0.1, 0.15) is 18.1 Å². The molecule has 0 unspecified atom stereocenters. The quantitative estimate of drug-likeness (QED) is 0.581. The number of para-hydroxylation sites is 2. The second-order valence-electron chi connectivity index (χ2n) is 7.48. The van der Waals surface area contributed by atoms with Gasteiger partial charge in [-0.2, -0.15) is 0 Å². The summed E-state index contributed by atoms with van der Waals surface area (Å²) >= 11 is 1.42. The smallest absolute Gasteiger partial charge is 0.276 e. The van der Waals surface area contributed by atoms with Crippen molar-refractivity contribution in [3.05, 3.63) is 113 Å². The highest BCUT2D eigenvalue weighted by Gasteiger charge is 2.35. The van der Waals surface area contributed by atoms with Crippen LogP contribution in [-0.2, 0) is 11.4 Å². The van der Waals surface area contributed by atoms with Gasteiger partial charge in [0, 0.05) is 16.5 Å². The second kappa shape index (κ2) is 9.34. The van der Waals surface area contributed by atoms with Crippen molar-refractivity contribution in [2.24, 2.45) is 10.1 Å². The zero-order chi connectivity index (χ0) is 22.6. The van der Waals surface area contributed by atoms with Crippen LogP contribution in [0.5, 0.6) is 5.75 Å². The molecule has 2 aliphatic heterocycles. The molecule has 0 bridgehead atoms. The Morgan fingerprint density at radius 2 is 1.79 bits per heavy atom. The summed E-state index contributed by atoms with van der Waals surface area (Å²) in [6.07, 6.45) is 1.24. The normalized spacial score (nSPS) is 16.7. The van der Waals surface area contributed by atoms with E-state index in [4.69, 9.17) is 14.8 Å². The van der Waals surface area contributed by atoms with Gasteiger partial charge in [-0.3, -0.25) is 15.1 Å². The zero-order valence-corrected chi connectivity index (χ0v) is 18.7. The van der Waals surface area contributed by atoms with Crippen LogP contribution in [0.15, 0.2) is 102 Å². The van der Waals surface area contributed by atoms with Crippen molar-refractivity contribution in [1.29, 1.82) is 0 Å². The maximum Gasteiger partial charge on any atom is 0.276 e. The number of rotatable bonds is 6. The zero-order valence-electron chi connectivity index (χ0n) is 17.8. The van der Waals surface area contributed by atoms with Crippen molar-refractivity contribution in [3.63, 3.8) is 0 Å². The van der Waals surface area contributed by atoms with Gasteiger partial charge in [-0.1, -0.05) is 84.6 Å². The molecular formula is C26H22N4O2S. The number of amidine groups is 1. The molecule has 33 heavy (non-hydrogen) atoms. The fourth-order valence-electron chi connectivity index (χ4n) is 3.79. The van der Waals surface area contributed by atoms with Crippen LogP contribution in [-0.4, -0.2) is 21.8 Å². The first-order chi connectivity index (χ1) is 16.2. The summed E-state index contributed by atoms with van der Waals surface area (Å²) in [5.41, 5.74) is 2.39. The van der Waals surface area contributed by atoms with E-state index in [2.05, 4.69) is 11.9 Å². The van der Waals surface area contributed by atoms with Crippen LogP contribution in [0.25, 0.3) is 5.70 Å². The molecule has 0 aliphatic carbocycles. The minimum atomic E-state index is -0.535. The van der Waals surface area contributed by atoms with Crippen molar-refractivity contribution >= 4 is 28.5 Å². The van der Waals surface area contributed by atoms with Crippen molar-refractivity contribution in [2.75, 3.05) is 5.75 Å². The van der Waals surface area contributed by atoms with Gasteiger partial charge in [0.25, 0.3) is 5.91 Å². The number of thioether (sulfide) groups is 1. The van der Waals surface area contributed by atoms with Gasteiger partial charge in [0.05, 0.1) is 5.36 Å². The second-order valence-corrected chi connectivity index (χ2v) is 8.49. The molecule has 164 valence electrons. The summed E-state index contributed by atoms with van der Waals surface area (Å²) in [5, 5.41) is 11.4. The van der Waals surface area contributed by atoms with E-state index < -0.39 is 6.17 Å². The Labute approximate surface area is 196 Å². The van der Waals surface area contributed by atoms with Crippen molar-refractivity contribution in [3.8, 4) is 5.75 Å². The third kappa shape index (κ3) is 4.27. The summed E-state index contributed by atoms with van der Waals surface area (Å²) in [6.45, 7) is 4.18. The van der Waals surface area contributed by atoms with E-state index in [1.807, 2.05) is 78.9 Å². The van der Waals surface area contributed by atoms with Crippen LogP contribution in [0, 0.1) is 0 Å². The molecular weight excluding hydrogens is 432 g/mol. The minimum Gasteiger partial charge on any atom is -0.488 e. The highest BCUT2D eigenvalue weighted by molar-refractivity contribution is 8.14. The Kier molecular flexibility index (Phi) is 5.95. The molecule has 7 heteroatoms. The van der Waals surface area contributed by atoms with Crippen LogP contribution in [0.4, 0.5) is 0 Å². The number of hydrogen-bond donors (Lipinski definition) is 1. The molecule has 3 aromatic rings. The Morgan fingerprint density at radius 3 is 2.64 bits per heavy atom. The summed E-state index contributed by atoms with van der Waals surface area (Å²) in [5.74, 6) is 1.14. The van der Waals surface area contributed by atoms with E-state index in [1.54, 1.807) is 11.1 Å². The molecule has 0 aromatic heterocycles. The van der Waals surface area contributed by atoms with Gasteiger partial charge in [-0.05, 0) is 17.7 Å². The molecule has 2 heterocycles. The fraction of sp³-hybridized carbons (Fsp3) is 0.115. The van der Waals surface area contributed by atoms with Crippen LogP contribution < -0.4 is 20.6 Å². The molecule has 5 rings (SSSR count). The average molecular weight is 455 g/mol. The lowest BCUT2D eigenvalue weighted by Gasteiger charge is -2.34. The molecule has 0 fully saturated rings. The number of ether oxygens (including phenoxy) is 1. The Morgan fingerprint density at radius 1 is 1.03 bits per heavy atom. The number of hydrogen-bond acceptors (Lipinski definition) is 6. The molecule has 1 N–H and O–H groups in total. The molecule has 0 saturated carbocycles. The standard InChI is InChI=1S/C26H22N4O2S/c1-2-16-33-26-28-25(31)23-19-12-6-8-14-21(19)27-24(30(23)29-26)20-13-7-9-15-22(20)32-17-18-10-4-3-5-11-18/h2-15,24H,1,16-17H2,(H,28,29,31)/t24-/m1/s1. The average Bonchev–Trinajstić information content (AvgIpc) is 2.86. The molecule has 0 saturated heterocycles. The van der Waals surface area contributed by atoms with Crippen molar-refractivity contribution in [2.45, 2.75) is 12.8 Å². The molecule has 6 nitrogen and oxygen atoms in total. The van der Waals surface area contributed by atoms with Crippen LogP contribution >= 0.6 is 11.8 Å². The van der Waals surface area contributed by atoms with Gasteiger partial charge >= 0.3 is 0 Å². The van der Waals surface area contributed by atoms with E-state index in [-0.39, 0.29) is 5.91 Å². The summed E-state index contributed by atoms with van der Waals surface area (Å²) in [6, 6.07) is 25.4. The lowest BCUT2D eigenvalue weighted by atomic mass is 10.1. The summed E-state index contributed by atoms with van der Waals surface area (Å²) < 4.78 is 6.20. The third-order valence-electron chi connectivity index (χ3n) is 5.29. The van der Waals surface area contributed by atoms with E-state index in [9.17, 15) is 4.79 Å². The van der Waals surface area contributed by atoms with E-state index in [0.29, 0.717) is 29.0 Å². The van der Waals surface area contributed by atoms with Crippen LogP contribution in [0.2, 0.25) is 0 Å². The number of nitrogens with zero attached hydrogens (tertiary/aromatic N) is 3. The van der Waals surface area contributed by atoms with E-state index >= 15 is 0 Å². The largest absolute Gasteiger partial charge is 0.488 e. The topological polar surface area (TPSA) is 66.3 Å². The number of amides is 1. The van der Waals surface area contributed by atoms with Crippen LogP contribution in [0.3, 0.4) is 0 Å².